The molecule has 1 rings (SSSR count). The molecule has 0 amide bonds. The van der Waals surface area contributed by atoms with Gasteiger partial charge in [0.1, 0.15) is 0 Å². The Labute approximate surface area is 82.5 Å². The van der Waals surface area contributed by atoms with Crippen molar-refractivity contribution in [1.82, 2.24) is 0 Å². The highest BCUT2D eigenvalue weighted by molar-refractivity contribution is 5.89. The van der Waals surface area contributed by atoms with Gasteiger partial charge in [0.25, 0.3) is 0 Å². The van der Waals surface area contributed by atoms with Gasteiger partial charge in [0.05, 0.1) is 5.56 Å². The molecule has 14 heavy (non-hydrogen) atoms. The number of carboxylic acids is 1. The predicted octanol–water partition coefficient (Wildman–Crippen LogP) is 0.652. The zero-order valence-electron chi connectivity index (χ0n) is 8.03. The summed E-state index contributed by atoms with van der Waals surface area (Å²) in [7, 11) is 0. The summed E-state index contributed by atoms with van der Waals surface area (Å²) in [6.07, 6.45) is 0. The highest BCUT2D eigenvalue weighted by Gasteiger charge is 2.09. The maximum atomic E-state index is 10.7. The van der Waals surface area contributed by atoms with Crippen molar-refractivity contribution in [2.24, 2.45) is 11.5 Å². The van der Waals surface area contributed by atoms with Crippen LogP contribution in [0.3, 0.4) is 0 Å². The molecular formula is C10H14N2O2. The number of carbonyl (C=O) groups is 1. The summed E-state index contributed by atoms with van der Waals surface area (Å²) in [6, 6.07) is 4.80. The molecule has 0 aliphatic rings. The summed E-state index contributed by atoms with van der Waals surface area (Å²) >= 11 is 0. The summed E-state index contributed by atoms with van der Waals surface area (Å²) in [5, 5.41) is 8.80. The zero-order chi connectivity index (χ0) is 10.7. The molecule has 0 fully saturated rings. The predicted molar refractivity (Wildman–Crippen MR) is 54.1 cm³/mol. The average Bonchev–Trinajstić information content (AvgIpc) is 2.15. The van der Waals surface area contributed by atoms with E-state index in [0.29, 0.717) is 17.7 Å². The van der Waals surface area contributed by atoms with Crippen molar-refractivity contribution >= 4 is 5.97 Å². The Kier molecular flexibility index (Phi) is 3.22. The van der Waals surface area contributed by atoms with E-state index < -0.39 is 5.97 Å². The van der Waals surface area contributed by atoms with Crippen LogP contribution in [-0.4, -0.2) is 17.6 Å². The molecule has 0 aliphatic heterocycles. The number of aromatic carboxylic acids is 1. The fraction of sp³-hybridized carbons (Fsp3) is 0.300. The van der Waals surface area contributed by atoms with Crippen LogP contribution >= 0.6 is 0 Å². The van der Waals surface area contributed by atoms with Crippen LogP contribution < -0.4 is 11.5 Å². The Hall–Kier alpha value is -1.39. The summed E-state index contributed by atoms with van der Waals surface area (Å²) in [4.78, 5) is 10.7. The lowest BCUT2D eigenvalue weighted by molar-refractivity contribution is 0.0696. The van der Waals surface area contributed by atoms with Crippen molar-refractivity contribution in [1.29, 1.82) is 0 Å². The molecule has 0 saturated carbocycles. The smallest absolute Gasteiger partial charge is 0.335 e. The standard InChI is InChI=1S/C10H14N2O2/c1-6-4-7(9(12)5-11)2-3-8(6)10(13)14/h2-4,9H,5,11-12H2,1H3,(H,13,14)/t9-/m0/s1. The first kappa shape index (κ1) is 10.7. The van der Waals surface area contributed by atoms with E-state index in [4.69, 9.17) is 16.6 Å². The number of aryl methyl sites for hydroxylation is 1. The maximum absolute atomic E-state index is 10.7. The molecule has 1 atom stereocenters. The highest BCUT2D eigenvalue weighted by Crippen LogP contribution is 2.15. The molecule has 0 saturated heterocycles. The molecule has 0 heterocycles. The number of rotatable bonds is 3. The van der Waals surface area contributed by atoms with Crippen LogP contribution in [0.2, 0.25) is 0 Å². The van der Waals surface area contributed by atoms with Gasteiger partial charge in [-0.15, -0.1) is 0 Å². The van der Waals surface area contributed by atoms with E-state index in [2.05, 4.69) is 0 Å². The molecule has 0 bridgehead atoms. The third-order valence-electron chi connectivity index (χ3n) is 2.16. The van der Waals surface area contributed by atoms with Gasteiger partial charge in [0, 0.05) is 12.6 Å². The second-order valence-electron chi connectivity index (χ2n) is 3.22. The van der Waals surface area contributed by atoms with Crippen molar-refractivity contribution in [3.63, 3.8) is 0 Å². The minimum absolute atomic E-state index is 0.225. The molecule has 76 valence electrons. The molecule has 0 aromatic heterocycles. The lowest BCUT2D eigenvalue weighted by Gasteiger charge is -2.10. The first-order valence-corrected chi connectivity index (χ1v) is 4.35. The Morgan fingerprint density at radius 3 is 2.64 bits per heavy atom. The topological polar surface area (TPSA) is 89.3 Å². The van der Waals surface area contributed by atoms with E-state index in [1.807, 2.05) is 0 Å². The lowest BCUT2D eigenvalue weighted by atomic mass is 10.0. The largest absolute Gasteiger partial charge is 0.478 e. The summed E-state index contributed by atoms with van der Waals surface area (Å²) < 4.78 is 0. The second-order valence-corrected chi connectivity index (χ2v) is 3.22. The fourth-order valence-corrected chi connectivity index (χ4v) is 1.29. The van der Waals surface area contributed by atoms with Gasteiger partial charge in [-0.2, -0.15) is 0 Å². The fourth-order valence-electron chi connectivity index (χ4n) is 1.29. The Balaban J connectivity index is 3.06. The molecule has 1 aromatic rings. The lowest BCUT2D eigenvalue weighted by Crippen LogP contribution is -2.21. The van der Waals surface area contributed by atoms with Crippen LogP contribution in [0, 0.1) is 6.92 Å². The quantitative estimate of drug-likeness (QED) is 0.659. The molecule has 4 heteroatoms. The van der Waals surface area contributed by atoms with Crippen molar-refractivity contribution < 1.29 is 9.90 Å². The third-order valence-corrected chi connectivity index (χ3v) is 2.16. The van der Waals surface area contributed by atoms with Crippen LogP contribution in [0.15, 0.2) is 18.2 Å². The van der Waals surface area contributed by atoms with Crippen LogP contribution in [-0.2, 0) is 0 Å². The van der Waals surface area contributed by atoms with E-state index >= 15 is 0 Å². The molecular weight excluding hydrogens is 180 g/mol. The number of hydrogen-bond donors (Lipinski definition) is 3. The minimum atomic E-state index is -0.921. The maximum Gasteiger partial charge on any atom is 0.335 e. The van der Waals surface area contributed by atoms with Crippen LogP contribution in [0.4, 0.5) is 0 Å². The number of carboxylic acid groups (broad SMARTS) is 1. The monoisotopic (exact) mass is 194 g/mol. The molecule has 0 aliphatic carbocycles. The van der Waals surface area contributed by atoms with Gasteiger partial charge in [-0.3, -0.25) is 0 Å². The molecule has 5 N–H and O–H groups in total. The number of hydrogen-bond acceptors (Lipinski definition) is 3. The molecule has 0 unspecified atom stereocenters. The van der Waals surface area contributed by atoms with E-state index in [1.165, 1.54) is 0 Å². The first-order valence-electron chi connectivity index (χ1n) is 4.35. The third kappa shape index (κ3) is 2.10. The van der Waals surface area contributed by atoms with Gasteiger partial charge in [-0.05, 0) is 24.1 Å². The Bertz CT molecular complexity index is 350. The van der Waals surface area contributed by atoms with Gasteiger partial charge in [-0.25, -0.2) is 4.79 Å². The zero-order valence-corrected chi connectivity index (χ0v) is 8.03. The van der Waals surface area contributed by atoms with E-state index in [-0.39, 0.29) is 6.04 Å². The molecule has 1 aromatic carbocycles. The van der Waals surface area contributed by atoms with Crippen LogP contribution in [0.25, 0.3) is 0 Å². The summed E-state index contributed by atoms with van der Waals surface area (Å²) in [6.45, 7) is 2.10. The summed E-state index contributed by atoms with van der Waals surface area (Å²) in [5.74, 6) is -0.921. The SMILES string of the molecule is Cc1cc([C@@H](N)CN)ccc1C(=O)O. The Morgan fingerprint density at radius 1 is 1.57 bits per heavy atom. The molecule has 4 nitrogen and oxygen atoms in total. The summed E-state index contributed by atoms with van der Waals surface area (Å²) in [5.41, 5.74) is 13.0. The van der Waals surface area contributed by atoms with Gasteiger partial charge < -0.3 is 16.6 Å². The number of nitrogens with two attached hydrogens (primary N) is 2. The van der Waals surface area contributed by atoms with Crippen LogP contribution in [0.5, 0.6) is 0 Å². The van der Waals surface area contributed by atoms with Gasteiger partial charge in [-0.1, -0.05) is 12.1 Å². The molecule has 0 spiro atoms. The van der Waals surface area contributed by atoms with Gasteiger partial charge >= 0.3 is 5.97 Å². The van der Waals surface area contributed by atoms with Gasteiger partial charge in [0.15, 0.2) is 0 Å². The van der Waals surface area contributed by atoms with Gasteiger partial charge in [0.2, 0.25) is 0 Å². The van der Waals surface area contributed by atoms with Crippen LogP contribution in [0.1, 0.15) is 27.5 Å². The normalized spacial score (nSPS) is 12.5. The van der Waals surface area contributed by atoms with E-state index in [9.17, 15) is 4.79 Å². The van der Waals surface area contributed by atoms with E-state index in [0.717, 1.165) is 5.56 Å². The second kappa shape index (κ2) is 4.21. The highest BCUT2D eigenvalue weighted by atomic mass is 16.4. The average molecular weight is 194 g/mol. The first-order chi connectivity index (χ1) is 6.56. The minimum Gasteiger partial charge on any atom is -0.478 e. The Morgan fingerprint density at radius 2 is 2.21 bits per heavy atom. The van der Waals surface area contributed by atoms with E-state index in [1.54, 1.807) is 25.1 Å². The van der Waals surface area contributed by atoms with Crippen molar-refractivity contribution in [3.05, 3.63) is 34.9 Å². The van der Waals surface area contributed by atoms with Crippen molar-refractivity contribution in [3.8, 4) is 0 Å². The molecule has 0 radical (unpaired) electrons. The van der Waals surface area contributed by atoms with Crippen molar-refractivity contribution in [2.75, 3.05) is 6.54 Å². The van der Waals surface area contributed by atoms with Crippen molar-refractivity contribution in [2.45, 2.75) is 13.0 Å². The number of benzene rings is 1.